The smallest absolute Gasteiger partial charge is 0.231 e. The van der Waals surface area contributed by atoms with Crippen molar-refractivity contribution in [1.82, 2.24) is 9.88 Å². The number of nitrogens with one attached hydrogen (secondary N) is 1. The van der Waals surface area contributed by atoms with E-state index < -0.39 is 0 Å². The van der Waals surface area contributed by atoms with Gasteiger partial charge in [0, 0.05) is 24.7 Å². The Morgan fingerprint density at radius 1 is 1.46 bits per heavy atom. The fraction of sp³-hybridized carbons (Fsp3) is 0.579. The Morgan fingerprint density at radius 3 is 2.96 bits per heavy atom. The number of aryl methyl sites for hydroxylation is 1. The normalized spacial score (nSPS) is 22.2. The van der Waals surface area contributed by atoms with Gasteiger partial charge in [-0.3, -0.25) is 9.69 Å². The molecule has 0 aliphatic carbocycles. The lowest BCUT2D eigenvalue weighted by atomic mass is 9.80. The number of rotatable bonds is 4. The van der Waals surface area contributed by atoms with Gasteiger partial charge in [0.05, 0.1) is 5.41 Å². The number of nitrogens with zero attached hydrogens (tertiary/aromatic N) is 2. The number of likely N-dealkylation sites (tertiary alicyclic amines) is 1. The highest BCUT2D eigenvalue weighted by Crippen LogP contribution is 2.32. The average molecular weight is 329 g/mol. The van der Waals surface area contributed by atoms with Gasteiger partial charge in [0.1, 0.15) is 5.52 Å². The maximum Gasteiger partial charge on any atom is 0.231 e. The first-order valence-corrected chi connectivity index (χ1v) is 8.86. The van der Waals surface area contributed by atoms with Crippen LogP contribution in [0.4, 0.5) is 5.69 Å². The lowest BCUT2D eigenvalue weighted by Gasteiger charge is -2.41. The van der Waals surface area contributed by atoms with E-state index in [1.807, 2.05) is 25.1 Å². The summed E-state index contributed by atoms with van der Waals surface area (Å²) in [7, 11) is 0. The zero-order valence-corrected chi connectivity index (χ0v) is 15.1. The summed E-state index contributed by atoms with van der Waals surface area (Å²) in [5, 5.41) is 3.08. The molecule has 5 nitrogen and oxygen atoms in total. The van der Waals surface area contributed by atoms with Crippen LogP contribution in [0.1, 0.15) is 46.4 Å². The topological polar surface area (TPSA) is 58.4 Å². The van der Waals surface area contributed by atoms with Crippen molar-refractivity contribution >= 4 is 22.7 Å². The molecule has 1 aliphatic rings. The van der Waals surface area contributed by atoms with Gasteiger partial charge < -0.3 is 9.73 Å². The monoisotopic (exact) mass is 329 g/mol. The van der Waals surface area contributed by atoms with Crippen molar-refractivity contribution in [1.29, 1.82) is 0 Å². The van der Waals surface area contributed by atoms with E-state index in [0.717, 1.165) is 55.0 Å². The number of piperidine rings is 1. The van der Waals surface area contributed by atoms with Crippen molar-refractivity contribution < 1.29 is 9.21 Å². The predicted octanol–water partition coefficient (Wildman–Crippen LogP) is 3.84. The molecule has 1 aliphatic heterocycles. The lowest BCUT2D eigenvalue weighted by Crippen LogP contribution is -2.50. The lowest BCUT2D eigenvalue weighted by molar-refractivity contribution is -0.128. The van der Waals surface area contributed by atoms with Crippen LogP contribution >= 0.6 is 0 Å². The van der Waals surface area contributed by atoms with E-state index in [1.165, 1.54) is 0 Å². The Labute approximate surface area is 143 Å². The standard InChI is InChI=1S/C19H27N3O2/c1-5-17-21-15-11-14(7-8-16(15)24-17)20-18(23)19(4)9-6-10-22(12-19)13(2)3/h7-8,11,13H,5-6,9-10,12H2,1-4H3,(H,20,23). The molecular formula is C19H27N3O2. The number of carbonyl (C=O) groups is 1. The molecule has 2 heterocycles. The van der Waals surface area contributed by atoms with Crippen molar-refractivity contribution in [2.24, 2.45) is 5.41 Å². The van der Waals surface area contributed by atoms with E-state index in [0.29, 0.717) is 6.04 Å². The Hall–Kier alpha value is -1.88. The summed E-state index contributed by atoms with van der Waals surface area (Å²) in [6.07, 6.45) is 2.75. The average Bonchev–Trinajstić information content (AvgIpc) is 2.97. The highest BCUT2D eigenvalue weighted by molar-refractivity contribution is 5.96. The second-order valence-electron chi connectivity index (χ2n) is 7.33. The third-order valence-electron chi connectivity index (χ3n) is 5.00. The van der Waals surface area contributed by atoms with Crippen LogP contribution in [0.3, 0.4) is 0 Å². The molecule has 1 aromatic carbocycles. The number of carbonyl (C=O) groups excluding carboxylic acids is 1. The molecule has 0 radical (unpaired) electrons. The molecule has 1 fully saturated rings. The van der Waals surface area contributed by atoms with Crippen LogP contribution in [0.15, 0.2) is 22.6 Å². The summed E-state index contributed by atoms with van der Waals surface area (Å²) in [4.78, 5) is 19.7. The molecular weight excluding hydrogens is 302 g/mol. The van der Waals surface area contributed by atoms with Crippen LogP contribution in [0.2, 0.25) is 0 Å². The molecule has 0 saturated carbocycles. The zero-order chi connectivity index (χ0) is 17.3. The van der Waals surface area contributed by atoms with E-state index >= 15 is 0 Å². The summed E-state index contributed by atoms with van der Waals surface area (Å²) < 4.78 is 5.62. The van der Waals surface area contributed by atoms with E-state index in [-0.39, 0.29) is 11.3 Å². The minimum Gasteiger partial charge on any atom is -0.441 e. The van der Waals surface area contributed by atoms with Gasteiger partial charge in [-0.05, 0) is 58.4 Å². The van der Waals surface area contributed by atoms with E-state index in [1.54, 1.807) is 0 Å². The zero-order valence-electron chi connectivity index (χ0n) is 15.1. The van der Waals surface area contributed by atoms with Gasteiger partial charge >= 0.3 is 0 Å². The highest BCUT2D eigenvalue weighted by atomic mass is 16.3. The van der Waals surface area contributed by atoms with E-state index in [9.17, 15) is 4.79 Å². The van der Waals surface area contributed by atoms with Crippen molar-refractivity contribution in [3.8, 4) is 0 Å². The molecule has 1 saturated heterocycles. The number of hydrogen-bond acceptors (Lipinski definition) is 4. The first kappa shape index (κ1) is 17.0. The van der Waals surface area contributed by atoms with Gasteiger partial charge in [-0.1, -0.05) is 6.92 Å². The maximum absolute atomic E-state index is 12.9. The Bertz CT molecular complexity index is 737. The number of benzene rings is 1. The van der Waals surface area contributed by atoms with Gasteiger partial charge in [-0.2, -0.15) is 0 Å². The molecule has 1 N–H and O–H groups in total. The first-order valence-electron chi connectivity index (χ1n) is 8.86. The third-order valence-corrected chi connectivity index (χ3v) is 5.00. The summed E-state index contributed by atoms with van der Waals surface area (Å²) in [5.41, 5.74) is 1.99. The number of hydrogen-bond donors (Lipinski definition) is 1. The summed E-state index contributed by atoms with van der Waals surface area (Å²) in [6, 6.07) is 6.12. The minimum absolute atomic E-state index is 0.0893. The largest absolute Gasteiger partial charge is 0.441 e. The van der Waals surface area contributed by atoms with Gasteiger partial charge in [0.2, 0.25) is 5.91 Å². The molecule has 1 amide bonds. The van der Waals surface area contributed by atoms with Crippen molar-refractivity contribution in [2.45, 2.75) is 53.0 Å². The number of anilines is 1. The Morgan fingerprint density at radius 2 is 2.25 bits per heavy atom. The van der Waals surface area contributed by atoms with Crippen molar-refractivity contribution in [3.63, 3.8) is 0 Å². The van der Waals surface area contributed by atoms with E-state index in [4.69, 9.17) is 4.42 Å². The van der Waals surface area contributed by atoms with Gasteiger partial charge in [0.25, 0.3) is 0 Å². The molecule has 1 unspecified atom stereocenters. The number of fused-ring (bicyclic) bond motifs is 1. The molecule has 2 aromatic rings. The third kappa shape index (κ3) is 3.31. The van der Waals surface area contributed by atoms with E-state index in [2.05, 4.69) is 36.0 Å². The van der Waals surface area contributed by atoms with Gasteiger partial charge in [0.15, 0.2) is 11.5 Å². The first-order chi connectivity index (χ1) is 11.4. The Balaban J connectivity index is 1.76. The van der Waals surface area contributed by atoms with Crippen molar-refractivity contribution in [2.75, 3.05) is 18.4 Å². The molecule has 5 heteroatoms. The van der Waals surface area contributed by atoms with Crippen LogP contribution in [0.5, 0.6) is 0 Å². The maximum atomic E-state index is 12.9. The fourth-order valence-corrected chi connectivity index (χ4v) is 3.39. The summed E-state index contributed by atoms with van der Waals surface area (Å²) in [6.45, 7) is 10.3. The molecule has 1 aromatic heterocycles. The summed E-state index contributed by atoms with van der Waals surface area (Å²) >= 11 is 0. The minimum atomic E-state index is -0.351. The summed E-state index contributed by atoms with van der Waals surface area (Å²) in [5.74, 6) is 0.812. The second-order valence-corrected chi connectivity index (χ2v) is 7.33. The second kappa shape index (κ2) is 6.55. The molecule has 24 heavy (non-hydrogen) atoms. The van der Waals surface area contributed by atoms with Crippen LogP contribution in [0.25, 0.3) is 11.1 Å². The fourth-order valence-electron chi connectivity index (χ4n) is 3.39. The van der Waals surface area contributed by atoms with Crippen LogP contribution < -0.4 is 5.32 Å². The quantitative estimate of drug-likeness (QED) is 0.926. The molecule has 0 spiro atoms. The molecule has 1 atom stereocenters. The van der Waals surface area contributed by atoms with Crippen LogP contribution in [0, 0.1) is 5.41 Å². The highest BCUT2D eigenvalue weighted by Gasteiger charge is 2.38. The molecule has 130 valence electrons. The van der Waals surface area contributed by atoms with Crippen LogP contribution in [-0.4, -0.2) is 34.9 Å². The predicted molar refractivity (Wildman–Crippen MR) is 96.1 cm³/mol. The van der Waals surface area contributed by atoms with Crippen molar-refractivity contribution in [3.05, 3.63) is 24.1 Å². The number of oxazole rings is 1. The van der Waals surface area contributed by atoms with Gasteiger partial charge in [-0.25, -0.2) is 4.98 Å². The molecule has 3 rings (SSSR count). The van der Waals surface area contributed by atoms with Crippen LogP contribution in [-0.2, 0) is 11.2 Å². The molecule has 0 bridgehead atoms. The number of amides is 1. The Kier molecular flexibility index (Phi) is 4.63. The number of aromatic nitrogens is 1. The van der Waals surface area contributed by atoms with Gasteiger partial charge in [-0.15, -0.1) is 0 Å². The SMILES string of the molecule is CCc1nc2cc(NC(=O)C3(C)CCCN(C(C)C)C3)ccc2o1.